The highest BCUT2D eigenvalue weighted by Gasteiger charge is 2.18. The van der Waals surface area contributed by atoms with E-state index in [4.69, 9.17) is 5.11 Å². The standard InChI is InChI=1S/C12H14BrNO3S/c13-11-7-9(1-2-10(11)12(15)16)14-8-3-5-18(17)6-4-8/h1-2,7-8,14H,3-6H2,(H,15,16). The zero-order valence-electron chi connectivity index (χ0n) is 9.69. The van der Waals surface area contributed by atoms with Crippen molar-refractivity contribution >= 4 is 38.4 Å². The maximum Gasteiger partial charge on any atom is 0.336 e. The van der Waals surface area contributed by atoms with Gasteiger partial charge in [0.2, 0.25) is 0 Å². The second kappa shape index (κ2) is 5.84. The van der Waals surface area contributed by atoms with Crippen LogP contribution in [0.2, 0.25) is 0 Å². The third kappa shape index (κ3) is 3.32. The van der Waals surface area contributed by atoms with Crippen molar-refractivity contribution in [1.29, 1.82) is 0 Å². The Morgan fingerprint density at radius 1 is 1.39 bits per heavy atom. The Labute approximate surface area is 116 Å². The summed E-state index contributed by atoms with van der Waals surface area (Å²) < 4.78 is 11.8. The van der Waals surface area contributed by atoms with E-state index in [1.54, 1.807) is 18.2 Å². The minimum Gasteiger partial charge on any atom is -0.478 e. The molecule has 6 heteroatoms. The highest BCUT2D eigenvalue weighted by atomic mass is 79.9. The monoisotopic (exact) mass is 331 g/mol. The van der Waals surface area contributed by atoms with Gasteiger partial charge in [-0.1, -0.05) is 0 Å². The minimum absolute atomic E-state index is 0.255. The molecule has 0 spiro atoms. The topological polar surface area (TPSA) is 66.4 Å². The average molecular weight is 332 g/mol. The first-order chi connectivity index (χ1) is 8.56. The minimum atomic E-state index is -0.943. The number of anilines is 1. The van der Waals surface area contributed by atoms with Crippen LogP contribution in [0.1, 0.15) is 23.2 Å². The third-order valence-electron chi connectivity index (χ3n) is 2.96. The number of carboxylic acids is 1. The van der Waals surface area contributed by atoms with Gasteiger partial charge in [0.15, 0.2) is 0 Å². The number of nitrogens with one attached hydrogen (secondary N) is 1. The van der Waals surface area contributed by atoms with Gasteiger partial charge < -0.3 is 10.4 Å². The number of carboxylic acid groups (broad SMARTS) is 1. The lowest BCUT2D eigenvalue weighted by Gasteiger charge is -2.23. The van der Waals surface area contributed by atoms with Crippen molar-refractivity contribution in [1.82, 2.24) is 0 Å². The second-order valence-electron chi connectivity index (χ2n) is 4.27. The Morgan fingerprint density at radius 2 is 2.06 bits per heavy atom. The molecule has 2 N–H and O–H groups in total. The van der Waals surface area contributed by atoms with E-state index < -0.39 is 16.8 Å². The molecular weight excluding hydrogens is 318 g/mol. The summed E-state index contributed by atoms with van der Waals surface area (Å²) in [6, 6.07) is 5.44. The van der Waals surface area contributed by atoms with Crippen LogP contribution in [0.25, 0.3) is 0 Å². The number of rotatable bonds is 3. The molecule has 0 bridgehead atoms. The molecule has 0 radical (unpaired) electrons. The van der Waals surface area contributed by atoms with Gasteiger partial charge in [0, 0.05) is 38.5 Å². The van der Waals surface area contributed by atoms with Crippen LogP contribution in [0.15, 0.2) is 22.7 Å². The number of aromatic carboxylic acids is 1. The van der Waals surface area contributed by atoms with Crippen LogP contribution in [-0.2, 0) is 10.8 Å². The van der Waals surface area contributed by atoms with Gasteiger partial charge in [-0.15, -0.1) is 0 Å². The molecule has 0 amide bonds. The predicted octanol–water partition coefficient (Wildman–Crippen LogP) is 2.47. The SMILES string of the molecule is O=C(O)c1ccc(NC2CCS(=O)CC2)cc1Br. The largest absolute Gasteiger partial charge is 0.478 e. The number of hydrogen-bond donors (Lipinski definition) is 2. The molecular formula is C12H14BrNO3S. The lowest BCUT2D eigenvalue weighted by atomic mass is 10.1. The van der Waals surface area contributed by atoms with Gasteiger partial charge >= 0.3 is 5.97 Å². The van der Waals surface area contributed by atoms with Crippen LogP contribution in [0, 0.1) is 0 Å². The molecule has 1 aliphatic rings. The van der Waals surface area contributed by atoms with Gasteiger partial charge in [0.05, 0.1) is 5.56 Å². The molecule has 4 nitrogen and oxygen atoms in total. The van der Waals surface area contributed by atoms with Gasteiger partial charge in [-0.3, -0.25) is 4.21 Å². The molecule has 0 saturated carbocycles. The van der Waals surface area contributed by atoms with Crippen molar-refractivity contribution in [3.05, 3.63) is 28.2 Å². The van der Waals surface area contributed by atoms with Crippen molar-refractivity contribution in [2.24, 2.45) is 0 Å². The van der Waals surface area contributed by atoms with Gasteiger partial charge in [0.1, 0.15) is 0 Å². The van der Waals surface area contributed by atoms with Gasteiger partial charge in [-0.25, -0.2) is 4.79 Å². The van der Waals surface area contributed by atoms with E-state index >= 15 is 0 Å². The summed E-state index contributed by atoms with van der Waals surface area (Å²) in [7, 11) is -0.660. The molecule has 1 aliphatic heterocycles. The van der Waals surface area contributed by atoms with E-state index in [0.29, 0.717) is 10.5 Å². The Hall–Kier alpha value is -0.880. The van der Waals surface area contributed by atoms with Gasteiger partial charge in [-0.2, -0.15) is 0 Å². The first kappa shape index (κ1) is 13.5. The zero-order chi connectivity index (χ0) is 13.1. The molecule has 1 fully saturated rings. The van der Waals surface area contributed by atoms with Crippen LogP contribution in [0.4, 0.5) is 5.69 Å². The molecule has 18 heavy (non-hydrogen) atoms. The maximum absolute atomic E-state index is 11.2. The van der Waals surface area contributed by atoms with Gasteiger partial charge in [-0.05, 0) is 47.0 Å². The lowest BCUT2D eigenvalue weighted by molar-refractivity contribution is 0.0696. The van der Waals surface area contributed by atoms with Crippen LogP contribution >= 0.6 is 15.9 Å². The number of hydrogen-bond acceptors (Lipinski definition) is 3. The van der Waals surface area contributed by atoms with Crippen molar-refractivity contribution in [3.8, 4) is 0 Å². The van der Waals surface area contributed by atoms with Gasteiger partial charge in [0.25, 0.3) is 0 Å². The molecule has 1 heterocycles. The summed E-state index contributed by atoms with van der Waals surface area (Å²) in [5.41, 5.74) is 1.15. The fraction of sp³-hybridized carbons (Fsp3) is 0.417. The van der Waals surface area contributed by atoms with E-state index in [9.17, 15) is 9.00 Å². The molecule has 0 atom stereocenters. The van der Waals surface area contributed by atoms with Crippen molar-refractivity contribution in [2.45, 2.75) is 18.9 Å². The van der Waals surface area contributed by atoms with Crippen LogP contribution in [0.5, 0.6) is 0 Å². The zero-order valence-corrected chi connectivity index (χ0v) is 12.1. The molecule has 98 valence electrons. The van der Waals surface area contributed by atoms with E-state index in [0.717, 1.165) is 30.0 Å². The smallest absolute Gasteiger partial charge is 0.336 e. The van der Waals surface area contributed by atoms with E-state index in [2.05, 4.69) is 21.2 Å². The Kier molecular flexibility index (Phi) is 4.40. The van der Waals surface area contributed by atoms with Crippen molar-refractivity contribution < 1.29 is 14.1 Å². The highest BCUT2D eigenvalue weighted by molar-refractivity contribution is 9.10. The first-order valence-corrected chi connectivity index (χ1v) is 7.98. The molecule has 1 aromatic rings. The Balaban J connectivity index is 2.04. The summed E-state index contributed by atoms with van der Waals surface area (Å²) in [5.74, 6) is 0.541. The van der Waals surface area contributed by atoms with Crippen molar-refractivity contribution in [2.75, 3.05) is 16.8 Å². The summed E-state index contributed by atoms with van der Waals surface area (Å²) in [6.45, 7) is 0. The second-order valence-corrected chi connectivity index (χ2v) is 6.82. The average Bonchev–Trinajstić information content (AvgIpc) is 2.32. The summed E-state index contributed by atoms with van der Waals surface area (Å²) >= 11 is 3.25. The molecule has 0 aromatic heterocycles. The molecule has 0 unspecified atom stereocenters. The summed E-state index contributed by atoms with van der Waals surface area (Å²) in [5, 5.41) is 12.3. The van der Waals surface area contributed by atoms with Crippen LogP contribution in [-0.4, -0.2) is 32.8 Å². The highest BCUT2D eigenvalue weighted by Crippen LogP contribution is 2.23. The predicted molar refractivity (Wildman–Crippen MR) is 75.6 cm³/mol. The molecule has 0 aliphatic carbocycles. The van der Waals surface area contributed by atoms with E-state index in [1.807, 2.05) is 0 Å². The van der Waals surface area contributed by atoms with Crippen molar-refractivity contribution in [3.63, 3.8) is 0 Å². The Bertz CT molecular complexity index is 482. The number of benzene rings is 1. The van der Waals surface area contributed by atoms with Crippen LogP contribution < -0.4 is 5.32 Å². The quantitative estimate of drug-likeness (QED) is 0.892. The molecule has 1 aromatic carbocycles. The normalized spacial score (nSPS) is 23.6. The number of carbonyl (C=O) groups is 1. The van der Waals surface area contributed by atoms with E-state index in [-0.39, 0.29) is 5.56 Å². The maximum atomic E-state index is 11.2. The number of halogens is 1. The first-order valence-electron chi connectivity index (χ1n) is 5.70. The fourth-order valence-electron chi connectivity index (χ4n) is 1.95. The third-order valence-corrected chi connectivity index (χ3v) is 5.00. The molecule has 1 saturated heterocycles. The summed E-state index contributed by atoms with van der Waals surface area (Å²) in [4.78, 5) is 10.9. The van der Waals surface area contributed by atoms with E-state index in [1.165, 1.54) is 0 Å². The van der Waals surface area contributed by atoms with Crippen LogP contribution in [0.3, 0.4) is 0 Å². The Morgan fingerprint density at radius 3 is 2.61 bits per heavy atom. The summed E-state index contributed by atoms with van der Waals surface area (Å²) in [6.07, 6.45) is 1.79. The molecule has 2 rings (SSSR count). The fourth-order valence-corrected chi connectivity index (χ4v) is 3.80. The lowest BCUT2D eigenvalue weighted by Crippen LogP contribution is -2.29.